The number of benzene rings is 1. The van der Waals surface area contributed by atoms with Gasteiger partial charge >= 0.3 is 0 Å². The first kappa shape index (κ1) is 20.8. The standard InChI is InChI=1S/C17H26N6O3S/c1-11-9-14(12(2)8-13(11)26-7)27(24,25)18-10-15-19-16(22(3)4)21-17(20-15)23(5)6/h8-9,18H,10H2,1-7H3. The van der Waals surface area contributed by atoms with Gasteiger partial charge in [0.1, 0.15) is 5.75 Å². The second-order valence-electron chi connectivity index (χ2n) is 6.55. The fraction of sp³-hybridized carbons (Fsp3) is 0.471. The van der Waals surface area contributed by atoms with Crippen molar-refractivity contribution in [2.24, 2.45) is 0 Å². The van der Waals surface area contributed by atoms with Gasteiger partial charge < -0.3 is 14.5 Å². The summed E-state index contributed by atoms with van der Waals surface area (Å²) in [4.78, 5) is 16.6. The van der Waals surface area contributed by atoms with Gasteiger partial charge in [-0.2, -0.15) is 15.0 Å². The van der Waals surface area contributed by atoms with Gasteiger partial charge in [-0.25, -0.2) is 13.1 Å². The van der Waals surface area contributed by atoms with Crippen LogP contribution in [0.25, 0.3) is 0 Å². The molecule has 9 nitrogen and oxygen atoms in total. The summed E-state index contributed by atoms with van der Waals surface area (Å²) < 4.78 is 33.4. The predicted octanol–water partition coefficient (Wildman–Crippen LogP) is 1.11. The molecule has 27 heavy (non-hydrogen) atoms. The van der Waals surface area contributed by atoms with Gasteiger partial charge in [-0.1, -0.05) is 0 Å². The Morgan fingerprint density at radius 3 is 2.00 bits per heavy atom. The van der Waals surface area contributed by atoms with Gasteiger partial charge in [0.15, 0.2) is 5.82 Å². The Bertz CT molecular complexity index is 902. The molecule has 0 aliphatic heterocycles. The minimum Gasteiger partial charge on any atom is -0.496 e. The molecule has 0 amide bonds. The number of hydrogen-bond acceptors (Lipinski definition) is 8. The van der Waals surface area contributed by atoms with Gasteiger partial charge in [-0.15, -0.1) is 0 Å². The first-order chi connectivity index (χ1) is 12.5. The van der Waals surface area contributed by atoms with Crippen molar-refractivity contribution in [2.75, 3.05) is 45.1 Å². The van der Waals surface area contributed by atoms with E-state index in [4.69, 9.17) is 4.74 Å². The summed E-state index contributed by atoms with van der Waals surface area (Å²) in [6, 6.07) is 3.31. The zero-order chi connectivity index (χ0) is 20.4. The fourth-order valence-corrected chi connectivity index (χ4v) is 3.67. The first-order valence-corrected chi connectivity index (χ1v) is 9.78. The lowest BCUT2D eigenvalue weighted by Gasteiger charge is -2.17. The molecule has 1 heterocycles. The topological polar surface area (TPSA) is 101 Å². The molecule has 0 atom stereocenters. The molecule has 0 aliphatic rings. The van der Waals surface area contributed by atoms with Crippen molar-refractivity contribution in [3.05, 3.63) is 29.1 Å². The molecule has 10 heteroatoms. The van der Waals surface area contributed by atoms with E-state index < -0.39 is 10.0 Å². The van der Waals surface area contributed by atoms with Gasteiger partial charge in [-0.05, 0) is 37.1 Å². The van der Waals surface area contributed by atoms with Crippen molar-refractivity contribution in [1.82, 2.24) is 19.7 Å². The van der Waals surface area contributed by atoms with Crippen molar-refractivity contribution in [3.8, 4) is 5.75 Å². The Morgan fingerprint density at radius 1 is 0.963 bits per heavy atom. The summed E-state index contributed by atoms with van der Waals surface area (Å²) in [6.07, 6.45) is 0. The average molecular weight is 395 g/mol. The molecule has 148 valence electrons. The zero-order valence-corrected chi connectivity index (χ0v) is 17.5. The third-order valence-electron chi connectivity index (χ3n) is 3.86. The maximum Gasteiger partial charge on any atom is 0.241 e. The van der Waals surface area contributed by atoms with Crippen LogP contribution in [0.4, 0.5) is 11.9 Å². The molecule has 2 aromatic rings. The number of sulfonamides is 1. The third kappa shape index (κ3) is 4.83. The van der Waals surface area contributed by atoms with E-state index in [1.165, 1.54) is 0 Å². The van der Waals surface area contributed by atoms with Gasteiger partial charge in [-0.3, -0.25) is 0 Å². The van der Waals surface area contributed by atoms with Crippen molar-refractivity contribution in [2.45, 2.75) is 25.3 Å². The van der Waals surface area contributed by atoms with E-state index in [0.717, 1.165) is 5.56 Å². The van der Waals surface area contributed by atoms with Crippen LogP contribution in [0, 0.1) is 13.8 Å². The number of ether oxygens (including phenoxy) is 1. The molecule has 1 aromatic heterocycles. The maximum atomic E-state index is 12.8. The molecule has 0 radical (unpaired) electrons. The summed E-state index contributed by atoms with van der Waals surface area (Å²) in [7, 11) is 5.07. The molecule has 0 aliphatic carbocycles. The zero-order valence-electron chi connectivity index (χ0n) is 16.7. The summed E-state index contributed by atoms with van der Waals surface area (Å²) >= 11 is 0. The van der Waals surface area contributed by atoms with Crippen LogP contribution in [0.5, 0.6) is 5.75 Å². The van der Waals surface area contributed by atoms with E-state index in [0.29, 0.717) is 29.0 Å². The normalized spacial score (nSPS) is 11.4. The van der Waals surface area contributed by atoms with Crippen LogP contribution in [0.3, 0.4) is 0 Å². The molecule has 0 unspecified atom stereocenters. The molecule has 1 N–H and O–H groups in total. The van der Waals surface area contributed by atoms with Crippen LogP contribution in [-0.2, 0) is 16.6 Å². The van der Waals surface area contributed by atoms with E-state index in [9.17, 15) is 8.42 Å². The Morgan fingerprint density at radius 2 is 1.52 bits per heavy atom. The Kier molecular flexibility index (Phi) is 6.22. The number of nitrogens with zero attached hydrogens (tertiary/aromatic N) is 5. The van der Waals surface area contributed by atoms with Crippen molar-refractivity contribution < 1.29 is 13.2 Å². The maximum absolute atomic E-state index is 12.8. The number of hydrogen-bond donors (Lipinski definition) is 1. The smallest absolute Gasteiger partial charge is 0.241 e. The van der Waals surface area contributed by atoms with Crippen molar-refractivity contribution in [3.63, 3.8) is 0 Å². The number of aryl methyl sites for hydroxylation is 2. The number of anilines is 2. The van der Waals surface area contributed by atoms with Gasteiger partial charge in [0.2, 0.25) is 21.9 Å². The number of aromatic nitrogens is 3. The minimum absolute atomic E-state index is 0.0446. The highest BCUT2D eigenvalue weighted by Gasteiger charge is 2.20. The molecule has 0 fully saturated rings. The van der Waals surface area contributed by atoms with Gasteiger partial charge in [0.05, 0.1) is 18.6 Å². The quantitative estimate of drug-likeness (QED) is 0.745. The largest absolute Gasteiger partial charge is 0.496 e. The number of methoxy groups -OCH3 is 1. The van der Waals surface area contributed by atoms with Crippen molar-refractivity contribution in [1.29, 1.82) is 0 Å². The predicted molar refractivity (Wildman–Crippen MR) is 105 cm³/mol. The minimum atomic E-state index is -3.74. The Balaban J connectivity index is 2.31. The molecular weight excluding hydrogens is 368 g/mol. The SMILES string of the molecule is COc1cc(C)c(S(=O)(=O)NCc2nc(N(C)C)nc(N(C)C)n2)cc1C. The van der Waals surface area contributed by atoms with E-state index >= 15 is 0 Å². The molecular formula is C17H26N6O3S. The van der Waals surface area contributed by atoms with E-state index in [2.05, 4.69) is 19.7 Å². The molecule has 1 aromatic carbocycles. The number of rotatable bonds is 7. The molecule has 0 spiro atoms. The fourth-order valence-electron chi connectivity index (χ4n) is 2.38. The molecule has 0 saturated heterocycles. The van der Waals surface area contributed by atoms with E-state index in [-0.39, 0.29) is 11.4 Å². The highest BCUT2D eigenvalue weighted by atomic mass is 32.2. The van der Waals surface area contributed by atoms with Gasteiger partial charge in [0, 0.05) is 28.2 Å². The average Bonchev–Trinajstić information content (AvgIpc) is 2.61. The molecule has 0 saturated carbocycles. The van der Waals surface area contributed by atoms with Crippen LogP contribution in [-0.4, -0.2) is 58.7 Å². The Hall–Kier alpha value is -2.46. The summed E-state index contributed by atoms with van der Waals surface area (Å²) in [5.74, 6) is 1.90. The van der Waals surface area contributed by atoms with Crippen LogP contribution >= 0.6 is 0 Å². The second-order valence-corrected chi connectivity index (χ2v) is 8.29. The lowest BCUT2D eigenvalue weighted by molar-refractivity contribution is 0.411. The van der Waals surface area contributed by atoms with E-state index in [1.807, 2.05) is 28.2 Å². The van der Waals surface area contributed by atoms with Crippen molar-refractivity contribution >= 4 is 21.9 Å². The lowest BCUT2D eigenvalue weighted by atomic mass is 10.1. The van der Waals surface area contributed by atoms with Crippen LogP contribution < -0.4 is 19.3 Å². The Labute approximate surface area is 160 Å². The summed E-state index contributed by atoms with van der Waals surface area (Å²) in [6.45, 7) is 3.49. The van der Waals surface area contributed by atoms with Crippen LogP contribution in [0.15, 0.2) is 17.0 Å². The summed E-state index contributed by atoms with van der Waals surface area (Å²) in [5, 5.41) is 0. The van der Waals surface area contributed by atoms with E-state index in [1.54, 1.807) is 42.9 Å². The highest BCUT2D eigenvalue weighted by molar-refractivity contribution is 7.89. The third-order valence-corrected chi connectivity index (χ3v) is 5.40. The second kappa shape index (κ2) is 8.05. The lowest BCUT2D eigenvalue weighted by Crippen LogP contribution is -2.27. The van der Waals surface area contributed by atoms with Gasteiger partial charge in [0.25, 0.3) is 0 Å². The van der Waals surface area contributed by atoms with Crippen LogP contribution in [0.1, 0.15) is 17.0 Å². The monoisotopic (exact) mass is 394 g/mol. The summed E-state index contributed by atoms with van der Waals surface area (Å²) in [5.41, 5.74) is 1.34. The number of nitrogens with one attached hydrogen (secondary N) is 1. The molecule has 2 rings (SSSR count). The highest BCUT2D eigenvalue weighted by Crippen LogP contribution is 2.25. The van der Waals surface area contributed by atoms with Crippen LogP contribution in [0.2, 0.25) is 0 Å². The molecule has 0 bridgehead atoms. The first-order valence-electron chi connectivity index (χ1n) is 8.29.